The molecule has 0 saturated carbocycles. The van der Waals surface area contributed by atoms with Gasteiger partial charge in [0.05, 0.1) is 0 Å². The number of hydrogen-bond acceptors (Lipinski definition) is 4. The summed E-state index contributed by atoms with van der Waals surface area (Å²) >= 11 is 1.48. The molecule has 0 atom stereocenters. The number of thioether (sulfide) groups is 1. The molecule has 1 heterocycles. The summed E-state index contributed by atoms with van der Waals surface area (Å²) in [4.78, 5) is 30.9. The monoisotopic (exact) mass is 345 g/mol. The number of carbonyl (C=O) groups is 1. The molecular weight excluding hydrogens is 322 g/mol. The summed E-state index contributed by atoms with van der Waals surface area (Å²) in [5.74, 6) is 0.644. The fourth-order valence-electron chi connectivity index (χ4n) is 2.38. The first kappa shape index (κ1) is 18.3. The number of aryl methyl sites for hydroxylation is 1. The Morgan fingerprint density at radius 1 is 1.21 bits per heavy atom. The van der Waals surface area contributed by atoms with E-state index in [-0.39, 0.29) is 18.0 Å². The minimum absolute atomic E-state index is 0.0327. The highest BCUT2D eigenvalue weighted by Gasteiger charge is 2.15. The van der Waals surface area contributed by atoms with Gasteiger partial charge in [-0.2, -0.15) is 0 Å². The van der Waals surface area contributed by atoms with E-state index >= 15 is 0 Å². The van der Waals surface area contributed by atoms with Crippen LogP contribution >= 0.6 is 11.8 Å². The first-order valence-corrected chi connectivity index (χ1v) is 9.06. The van der Waals surface area contributed by atoms with Gasteiger partial charge < -0.3 is 4.90 Å². The van der Waals surface area contributed by atoms with Gasteiger partial charge in [-0.15, -0.1) is 0 Å². The van der Waals surface area contributed by atoms with Gasteiger partial charge in [0.1, 0.15) is 6.54 Å². The summed E-state index contributed by atoms with van der Waals surface area (Å²) < 4.78 is 1.47. The Morgan fingerprint density at radius 3 is 2.50 bits per heavy atom. The van der Waals surface area contributed by atoms with Gasteiger partial charge in [0.25, 0.3) is 5.56 Å². The predicted molar refractivity (Wildman–Crippen MR) is 97.2 cm³/mol. The maximum atomic E-state index is 12.4. The third kappa shape index (κ3) is 4.71. The summed E-state index contributed by atoms with van der Waals surface area (Å²) in [6.07, 6.45) is 0. The number of benzene rings is 1. The molecule has 5 nitrogen and oxygen atoms in total. The van der Waals surface area contributed by atoms with Crippen LogP contribution in [0.25, 0.3) is 0 Å². The van der Waals surface area contributed by atoms with Gasteiger partial charge in [0.15, 0.2) is 5.16 Å². The molecule has 24 heavy (non-hydrogen) atoms. The van der Waals surface area contributed by atoms with E-state index in [1.165, 1.54) is 22.4 Å². The van der Waals surface area contributed by atoms with Crippen LogP contribution in [0, 0.1) is 6.92 Å². The van der Waals surface area contributed by atoms with Crippen LogP contribution in [-0.2, 0) is 17.1 Å². The lowest BCUT2D eigenvalue weighted by molar-refractivity contribution is -0.131. The molecule has 0 aliphatic heterocycles. The van der Waals surface area contributed by atoms with Crippen LogP contribution in [0.5, 0.6) is 0 Å². The molecule has 128 valence electrons. The van der Waals surface area contributed by atoms with E-state index < -0.39 is 0 Å². The van der Waals surface area contributed by atoms with E-state index in [2.05, 4.69) is 4.98 Å². The highest BCUT2D eigenvalue weighted by Crippen LogP contribution is 2.20. The molecule has 0 aliphatic carbocycles. The van der Waals surface area contributed by atoms with Crippen molar-refractivity contribution in [2.75, 3.05) is 13.1 Å². The Hall–Kier alpha value is -2.08. The standard InChI is InChI=1S/C18H23N3O2S/c1-4-20(5-2)17(23)12-21-16(22)11-14(3)19-18(21)24-13-15-9-7-6-8-10-15/h6-11H,4-5,12-13H2,1-3H3. The van der Waals surface area contributed by atoms with Gasteiger partial charge >= 0.3 is 0 Å². The molecule has 0 aliphatic rings. The molecule has 0 saturated heterocycles. The number of rotatable bonds is 7. The Labute approximate surface area is 146 Å². The number of carbonyl (C=O) groups excluding carboxylic acids is 1. The second-order valence-electron chi connectivity index (χ2n) is 5.44. The highest BCUT2D eigenvalue weighted by molar-refractivity contribution is 7.98. The Morgan fingerprint density at radius 2 is 1.88 bits per heavy atom. The fraction of sp³-hybridized carbons (Fsp3) is 0.389. The van der Waals surface area contributed by atoms with E-state index in [9.17, 15) is 9.59 Å². The number of hydrogen-bond donors (Lipinski definition) is 0. The lowest BCUT2D eigenvalue weighted by atomic mass is 10.2. The third-order valence-corrected chi connectivity index (χ3v) is 4.77. The third-order valence-electron chi connectivity index (χ3n) is 3.72. The van der Waals surface area contributed by atoms with Crippen molar-refractivity contribution in [1.29, 1.82) is 0 Å². The van der Waals surface area contributed by atoms with Crippen molar-refractivity contribution in [2.45, 2.75) is 38.2 Å². The minimum Gasteiger partial charge on any atom is -0.342 e. The smallest absolute Gasteiger partial charge is 0.254 e. The summed E-state index contributed by atoms with van der Waals surface area (Å²) in [5.41, 5.74) is 1.64. The number of likely N-dealkylation sites (N-methyl/N-ethyl adjacent to an activating group) is 1. The normalized spacial score (nSPS) is 10.6. The number of nitrogens with zero attached hydrogens (tertiary/aromatic N) is 3. The van der Waals surface area contributed by atoms with Crippen LogP contribution in [0.1, 0.15) is 25.1 Å². The van der Waals surface area contributed by atoms with Crippen LogP contribution in [0.4, 0.5) is 0 Å². The Balaban J connectivity index is 2.23. The van der Waals surface area contributed by atoms with Crippen molar-refractivity contribution < 1.29 is 4.79 Å². The van der Waals surface area contributed by atoms with Gasteiger partial charge in [0, 0.05) is 30.6 Å². The molecule has 1 aromatic carbocycles. The lowest BCUT2D eigenvalue weighted by Crippen LogP contribution is -2.37. The van der Waals surface area contributed by atoms with E-state index in [1.807, 2.05) is 44.2 Å². The molecular formula is C18H23N3O2S. The first-order chi connectivity index (χ1) is 11.5. The van der Waals surface area contributed by atoms with Crippen LogP contribution in [0.2, 0.25) is 0 Å². The molecule has 0 spiro atoms. The van der Waals surface area contributed by atoms with Crippen LogP contribution in [-0.4, -0.2) is 33.4 Å². The predicted octanol–water partition coefficient (Wildman–Crippen LogP) is 2.71. The van der Waals surface area contributed by atoms with Gasteiger partial charge in [-0.05, 0) is 26.3 Å². The zero-order valence-electron chi connectivity index (χ0n) is 14.4. The fourth-order valence-corrected chi connectivity index (χ4v) is 3.39. The summed E-state index contributed by atoms with van der Waals surface area (Å²) in [6.45, 7) is 6.96. The van der Waals surface area contributed by atoms with Crippen molar-refractivity contribution in [3.05, 3.63) is 58.0 Å². The second-order valence-corrected chi connectivity index (χ2v) is 6.39. The van der Waals surface area contributed by atoms with Gasteiger partial charge in [-0.3, -0.25) is 14.2 Å². The van der Waals surface area contributed by atoms with E-state index in [1.54, 1.807) is 11.8 Å². The first-order valence-electron chi connectivity index (χ1n) is 8.08. The highest BCUT2D eigenvalue weighted by atomic mass is 32.2. The molecule has 1 amide bonds. The van der Waals surface area contributed by atoms with E-state index in [4.69, 9.17) is 0 Å². The van der Waals surface area contributed by atoms with Crippen molar-refractivity contribution in [1.82, 2.24) is 14.5 Å². The number of amides is 1. The van der Waals surface area contributed by atoms with Crippen LogP contribution in [0.15, 0.2) is 46.3 Å². The molecule has 0 bridgehead atoms. The van der Waals surface area contributed by atoms with Crippen LogP contribution < -0.4 is 5.56 Å². The van der Waals surface area contributed by atoms with Crippen molar-refractivity contribution in [3.63, 3.8) is 0 Å². The topological polar surface area (TPSA) is 55.2 Å². The zero-order chi connectivity index (χ0) is 17.5. The Bertz CT molecular complexity index is 740. The van der Waals surface area contributed by atoms with Gasteiger partial charge in [0.2, 0.25) is 5.91 Å². The average molecular weight is 345 g/mol. The lowest BCUT2D eigenvalue weighted by Gasteiger charge is -2.20. The molecule has 6 heteroatoms. The van der Waals surface area contributed by atoms with Crippen molar-refractivity contribution in [3.8, 4) is 0 Å². The summed E-state index contributed by atoms with van der Waals surface area (Å²) in [6, 6.07) is 11.5. The largest absolute Gasteiger partial charge is 0.342 e. The van der Waals surface area contributed by atoms with Crippen molar-refractivity contribution >= 4 is 17.7 Å². The van der Waals surface area contributed by atoms with E-state index in [0.29, 0.717) is 29.7 Å². The molecule has 2 aromatic rings. The van der Waals surface area contributed by atoms with E-state index in [0.717, 1.165) is 5.56 Å². The Kier molecular flexibility index (Phi) is 6.61. The van der Waals surface area contributed by atoms with Gasteiger partial charge in [-0.25, -0.2) is 4.98 Å². The molecule has 0 radical (unpaired) electrons. The van der Waals surface area contributed by atoms with Crippen LogP contribution in [0.3, 0.4) is 0 Å². The molecule has 2 rings (SSSR count). The zero-order valence-corrected chi connectivity index (χ0v) is 15.2. The second kappa shape index (κ2) is 8.68. The molecule has 0 fully saturated rings. The quantitative estimate of drug-likeness (QED) is 0.572. The van der Waals surface area contributed by atoms with Gasteiger partial charge in [-0.1, -0.05) is 42.1 Å². The molecule has 1 aromatic heterocycles. The number of aromatic nitrogens is 2. The maximum absolute atomic E-state index is 12.4. The van der Waals surface area contributed by atoms with Crippen molar-refractivity contribution in [2.24, 2.45) is 0 Å². The average Bonchev–Trinajstić information content (AvgIpc) is 2.57. The summed E-state index contributed by atoms with van der Waals surface area (Å²) in [7, 11) is 0. The summed E-state index contributed by atoms with van der Waals surface area (Å²) in [5, 5.41) is 0.587. The molecule has 0 N–H and O–H groups in total. The molecule has 0 unspecified atom stereocenters. The minimum atomic E-state index is -0.182. The SMILES string of the molecule is CCN(CC)C(=O)Cn1c(SCc2ccccc2)nc(C)cc1=O. The maximum Gasteiger partial charge on any atom is 0.254 e.